The molecule has 2 heterocycles. The topological polar surface area (TPSA) is 74.2 Å². The van der Waals surface area contributed by atoms with Crippen LogP contribution in [-0.2, 0) is 6.54 Å². The number of para-hydroxylation sites is 3. The van der Waals surface area contributed by atoms with Gasteiger partial charge < -0.3 is 14.3 Å². The molecule has 0 aliphatic heterocycles. The van der Waals surface area contributed by atoms with Crippen LogP contribution in [0, 0.1) is 0 Å². The maximum absolute atomic E-state index is 13.3. The van der Waals surface area contributed by atoms with E-state index in [1.54, 1.807) is 0 Å². The zero-order valence-electron chi connectivity index (χ0n) is 18.2. The van der Waals surface area contributed by atoms with E-state index in [2.05, 4.69) is 27.4 Å². The number of rotatable bonds is 6. The number of hydrogen-bond acceptors (Lipinski definition) is 5. The van der Waals surface area contributed by atoms with Crippen molar-refractivity contribution in [2.24, 2.45) is 0 Å². The molecule has 1 unspecified atom stereocenters. The minimum absolute atomic E-state index is 0.0523. The van der Waals surface area contributed by atoms with E-state index in [1.807, 2.05) is 54.3 Å². The molecule has 5 rings (SSSR count). The number of amides is 1. The predicted octanol–water partition coefficient (Wildman–Crippen LogP) is 5.13. The average molecular weight is 449 g/mol. The Hall–Kier alpha value is -2.77. The van der Waals surface area contributed by atoms with Crippen LogP contribution in [0.4, 0.5) is 0 Å². The van der Waals surface area contributed by atoms with Crippen LogP contribution in [0.15, 0.2) is 59.0 Å². The molecule has 1 aliphatic carbocycles. The molecule has 166 valence electrons. The van der Waals surface area contributed by atoms with E-state index in [1.165, 1.54) is 0 Å². The highest BCUT2D eigenvalue weighted by molar-refractivity contribution is 7.81. The number of carbonyl (C=O) groups excluding carboxylic acids is 1. The summed E-state index contributed by atoms with van der Waals surface area (Å²) in [5.41, 5.74) is 2.59. The van der Waals surface area contributed by atoms with E-state index in [0.29, 0.717) is 18.9 Å². The Kier molecular flexibility index (Phi) is 5.69. The number of aromatic amines is 1. The highest BCUT2D eigenvalue weighted by atomic mass is 32.1. The number of H-pyrrole nitrogens is 1. The molecule has 1 aliphatic rings. The summed E-state index contributed by atoms with van der Waals surface area (Å²) >= 11 is 5.02. The van der Waals surface area contributed by atoms with E-state index in [-0.39, 0.29) is 16.8 Å². The Labute approximate surface area is 192 Å². The minimum atomic E-state index is -0.358. The van der Waals surface area contributed by atoms with Crippen LogP contribution in [0.2, 0.25) is 0 Å². The fourth-order valence-electron chi connectivity index (χ4n) is 4.78. The summed E-state index contributed by atoms with van der Waals surface area (Å²) in [7, 11) is 0. The number of nitrogens with one attached hydrogen (secondary N) is 2. The first-order chi connectivity index (χ1) is 15.5. The number of aromatic nitrogens is 2. The lowest BCUT2D eigenvalue weighted by atomic mass is 9.89. The van der Waals surface area contributed by atoms with E-state index in [4.69, 9.17) is 17.0 Å². The van der Waals surface area contributed by atoms with Gasteiger partial charge in [-0.1, -0.05) is 30.3 Å². The molecule has 0 radical (unpaired) electrons. The van der Waals surface area contributed by atoms with Crippen molar-refractivity contribution in [2.45, 2.75) is 50.1 Å². The van der Waals surface area contributed by atoms with Crippen LogP contribution in [-0.4, -0.2) is 38.2 Å². The summed E-state index contributed by atoms with van der Waals surface area (Å²) in [6.45, 7) is 3.26. The second kappa shape index (κ2) is 8.64. The first-order valence-electron chi connectivity index (χ1n) is 11.3. The van der Waals surface area contributed by atoms with Crippen LogP contribution < -0.4 is 5.32 Å². The van der Waals surface area contributed by atoms with Gasteiger partial charge in [-0.3, -0.25) is 10.1 Å². The highest BCUT2D eigenvalue weighted by Crippen LogP contribution is 2.35. The van der Waals surface area contributed by atoms with Gasteiger partial charge in [0.2, 0.25) is 0 Å². The summed E-state index contributed by atoms with van der Waals surface area (Å²) in [5, 5.41) is 4.70. The predicted molar refractivity (Wildman–Crippen MR) is 130 cm³/mol. The lowest BCUT2D eigenvalue weighted by Crippen LogP contribution is -2.51. The van der Waals surface area contributed by atoms with E-state index in [0.717, 1.165) is 53.4 Å². The average Bonchev–Trinajstić information content (AvgIpc) is 3.42. The quantitative estimate of drug-likeness (QED) is 0.282. The molecule has 0 spiro atoms. The largest absolute Gasteiger partial charge is 0.460 e. The summed E-state index contributed by atoms with van der Waals surface area (Å²) < 4.78 is 5.95. The van der Waals surface area contributed by atoms with Crippen LogP contribution >= 0.6 is 12.6 Å². The van der Waals surface area contributed by atoms with Crippen molar-refractivity contribution in [2.75, 3.05) is 6.54 Å². The summed E-state index contributed by atoms with van der Waals surface area (Å²) in [4.78, 5) is 22.6. The fourth-order valence-corrected chi connectivity index (χ4v) is 5.23. The minimum Gasteiger partial charge on any atom is -0.460 e. The Morgan fingerprint density at radius 3 is 2.91 bits per heavy atom. The van der Waals surface area contributed by atoms with E-state index in [9.17, 15) is 4.79 Å². The van der Waals surface area contributed by atoms with Gasteiger partial charge in [0, 0.05) is 18.0 Å². The van der Waals surface area contributed by atoms with Gasteiger partial charge in [-0.2, -0.15) is 12.6 Å². The fraction of sp³-hybridized carbons (Fsp3) is 0.360. The molecule has 2 atom stereocenters. The molecule has 1 saturated carbocycles. The maximum atomic E-state index is 13.3. The van der Waals surface area contributed by atoms with Crippen molar-refractivity contribution in [3.05, 3.63) is 66.2 Å². The van der Waals surface area contributed by atoms with Crippen LogP contribution in [0.3, 0.4) is 0 Å². The lowest BCUT2D eigenvalue weighted by molar-refractivity contribution is 0.0605. The van der Waals surface area contributed by atoms with Gasteiger partial charge in [0.15, 0.2) is 5.82 Å². The molecule has 2 aromatic heterocycles. The van der Waals surface area contributed by atoms with Crippen molar-refractivity contribution in [3.8, 4) is 0 Å². The molecule has 6 nitrogen and oxygen atoms in total. The molecular weight excluding hydrogens is 420 g/mol. The van der Waals surface area contributed by atoms with Crippen LogP contribution in [0.5, 0.6) is 0 Å². The normalized spacial score (nSPS) is 21.2. The number of nitrogens with zero attached hydrogens (tertiary/aromatic N) is 2. The monoisotopic (exact) mass is 448 g/mol. The van der Waals surface area contributed by atoms with Gasteiger partial charge in [0.25, 0.3) is 5.91 Å². The van der Waals surface area contributed by atoms with Gasteiger partial charge in [0.1, 0.15) is 11.3 Å². The van der Waals surface area contributed by atoms with E-state index < -0.39 is 0 Å². The van der Waals surface area contributed by atoms with Crippen LogP contribution in [0.25, 0.3) is 22.0 Å². The first kappa shape index (κ1) is 21.1. The summed E-state index contributed by atoms with van der Waals surface area (Å²) in [5.74, 6) is 1.25. The Balaban J connectivity index is 1.29. The molecular formula is C25H28N4O2S. The van der Waals surface area contributed by atoms with Gasteiger partial charge in [-0.15, -0.1) is 0 Å². The molecule has 0 saturated heterocycles. The van der Waals surface area contributed by atoms with Crippen molar-refractivity contribution in [1.29, 1.82) is 0 Å². The number of thiol groups is 1. The maximum Gasteiger partial charge on any atom is 0.289 e. The third-order valence-electron chi connectivity index (χ3n) is 6.40. The molecule has 1 amide bonds. The molecule has 32 heavy (non-hydrogen) atoms. The van der Waals surface area contributed by atoms with Gasteiger partial charge in [0.05, 0.1) is 22.4 Å². The summed E-state index contributed by atoms with van der Waals surface area (Å²) in [6.07, 6.45) is 3.69. The molecule has 1 fully saturated rings. The summed E-state index contributed by atoms with van der Waals surface area (Å²) in [6, 6.07) is 17.9. The molecule has 0 bridgehead atoms. The van der Waals surface area contributed by atoms with E-state index >= 15 is 0 Å². The molecule has 4 aromatic rings. The number of fused-ring (bicyclic) bond motifs is 2. The van der Waals surface area contributed by atoms with Crippen molar-refractivity contribution in [3.63, 3.8) is 0 Å². The lowest BCUT2D eigenvalue weighted by Gasteiger charge is -2.42. The number of benzene rings is 2. The first-order valence-corrected chi connectivity index (χ1v) is 11.7. The molecule has 2 N–H and O–H groups in total. The molecule has 2 aromatic carbocycles. The second-order valence-electron chi connectivity index (χ2n) is 8.58. The number of carbonyl (C=O) groups is 1. The Bertz CT molecular complexity index is 1180. The van der Waals surface area contributed by atoms with Crippen molar-refractivity contribution < 1.29 is 9.21 Å². The zero-order chi connectivity index (χ0) is 22.1. The van der Waals surface area contributed by atoms with Gasteiger partial charge in [-0.25, -0.2) is 4.98 Å². The highest BCUT2D eigenvalue weighted by Gasteiger charge is 2.37. The van der Waals surface area contributed by atoms with Crippen LogP contribution in [0.1, 0.15) is 49.0 Å². The smallest absolute Gasteiger partial charge is 0.289 e. The SMILES string of the molecule is CCN(C(=O)c1nc2ccccc2[nH]1)[C@H]1CCCC(S)(NCc2cc3ccccc3o2)C1. The van der Waals surface area contributed by atoms with Crippen molar-refractivity contribution in [1.82, 2.24) is 20.2 Å². The zero-order valence-corrected chi connectivity index (χ0v) is 19.1. The van der Waals surface area contributed by atoms with Gasteiger partial charge >= 0.3 is 0 Å². The second-order valence-corrected chi connectivity index (χ2v) is 9.44. The number of imidazole rings is 1. The van der Waals surface area contributed by atoms with Crippen molar-refractivity contribution >= 4 is 40.5 Å². The standard InChI is InChI=1S/C25H28N4O2S/c1-2-29(24(30)23-27-20-10-4-5-11-21(20)28-23)18-9-7-13-25(32,15-18)26-16-19-14-17-8-3-6-12-22(17)31-19/h3-6,8,10-12,14,18,26,32H,2,7,9,13,15-16H2,1H3,(H,27,28)/t18-,25?/m0/s1. The number of furan rings is 1. The third kappa shape index (κ3) is 4.14. The molecule has 7 heteroatoms. The third-order valence-corrected chi connectivity index (χ3v) is 6.97. The number of hydrogen-bond donors (Lipinski definition) is 3. The Morgan fingerprint density at radius 2 is 2.09 bits per heavy atom. The Morgan fingerprint density at radius 1 is 1.28 bits per heavy atom. The van der Waals surface area contributed by atoms with Gasteiger partial charge in [-0.05, 0) is 56.9 Å².